The quantitative estimate of drug-likeness (QED) is 0.771. The van der Waals surface area contributed by atoms with Crippen molar-refractivity contribution >= 4 is 34.2 Å². The lowest BCUT2D eigenvalue weighted by molar-refractivity contribution is -0.116. The molecule has 1 aliphatic rings. The zero-order valence-corrected chi connectivity index (χ0v) is 14.8. The number of amides is 1. The number of aromatic nitrogens is 3. The van der Waals surface area contributed by atoms with Gasteiger partial charge in [0.2, 0.25) is 5.91 Å². The van der Waals surface area contributed by atoms with Crippen LogP contribution < -0.4 is 10.9 Å². The van der Waals surface area contributed by atoms with E-state index in [9.17, 15) is 9.59 Å². The minimum atomic E-state index is -0.304. The van der Waals surface area contributed by atoms with Crippen LogP contribution in [0.4, 0.5) is 5.69 Å². The van der Waals surface area contributed by atoms with Crippen LogP contribution in [0.3, 0.4) is 0 Å². The van der Waals surface area contributed by atoms with Crippen molar-refractivity contribution < 1.29 is 4.79 Å². The molecule has 2 aromatic heterocycles. The van der Waals surface area contributed by atoms with Crippen LogP contribution in [0.5, 0.6) is 0 Å². The van der Waals surface area contributed by atoms with Crippen molar-refractivity contribution in [2.45, 2.75) is 32.2 Å². The van der Waals surface area contributed by atoms with Crippen molar-refractivity contribution in [3.05, 3.63) is 63.3 Å². The molecule has 6 nitrogen and oxygen atoms in total. The van der Waals surface area contributed by atoms with E-state index in [0.717, 1.165) is 36.9 Å². The summed E-state index contributed by atoms with van der Waals surface area (Å²) in [5.41, 5.74) is 2.98. The highest BCUT2D eigenvalue weighted by atomic mass is 35.5. The second-order valence-corrected chi connectivity index (χ2v) is 6.84. The summed E-state index contributed by atoms with van der Waals surface area (Å²) >= 11 is 5.83. The van der Waals surface area contributed by atoms with Crippen LogP contribution in [-0.4, -0.2) is 20.4 Å². The first-order valence-corrected chi connectivity index (χ1v) is 8.91. The molecule has 7 heteroatoms. The first-order chi connectivity index (χ1) is 12.6. The van der Waals surface area contributed by atoms with Crippen LogP contribution in [0, 0.1) is 0 Å². The molecule has 1 N–H and O–H groups in total. The van der Waals surface area contributed by atoms with Gasteiger partial charge in [-0.3, -0.25) is 14.2 Å². The highest BCUT2D eigenvalue weighted by Crippen LogP contribution is 2.21. The first kappa shape index (κ1) is 16.7. The number of nitrogens with one attached hydrogen (secondary N) is 1. The Morgan fingerprint density at radius 3 is 2.77 bits per heavy atom. The fraction of sp³-hybridized carbons (Fsp3) is 0.263. The van der Waals surface area contributed by atoms with Gasteiger partial charge >= 0.3 is 0 Å². The minimum Gasteiger partial charge on any atom is -0.325 e. The number of hydrogen-bond donors (Lipinski definition) is 1. The summed E-state index contributed by atoms with van der Waals surface area (Å²) in [5, 5.41) is 3.80. The topological polar surface area (TPSA) is 76.9 Å². The van der Waals surface area contributed by atoms with Gasteiger partial charge < -0.3 is 5.32 Å². The number of carbonyl (C=O) groups excluding carboxylic acids is 1. The number of fused-ring (bicyclic) bond motifs is 2. The third-order valence-electron chi connectivity index (χ3n) is 4.53. The maximum Gasteiger partial charge on any atom is 0.263 e. The van der Waals surface area contributed by atoms with E-state index in [4.69, 9.17) is 11.6 Å². The summed E-state index contributed by atoms with van der Waals surface area (Å²) in [7, 11) is 0. The van der Waals surface area contributed by atoms with E-state index in [1.165, 1.54) is 10.9 Å². The summed E-state index contributed by atoms with van der Waals surface area (Å²) in [6, 6.07) is 8.68. The number of anilines is 1. The smallest absolute Gasteiger partial charge is 0.263 e. The molecule has 0 spiro atoms. The van der Waals surface area contributed by atoms with Crippen LogP contribution in [-0.2, 0) is 24.2 Å². The summed E-state index contributed by atoms with van der Waals surface area (Å²) in [6.45, 7) is -0.110. The molecule has 2 heterocycles. The molecule has 0 aliphatic heterocycles. The number of nitrogens with zero attached hydrogens (tertiary/aromatic N) is 3. The number of rotatable bonds is 3. The zero-order valence-electron chi connectivity index (χ0n) is 14.0. The van der Waals surface area contributed by atoms with Crippen molar-refractivity contribution in [1.82, 2.24) is 14.5 Å². The molecule has 1 amide bonds. The molecule has 0 bridgehead atoms. The van der Waals surface area contributed by atoms with Gasteiger partial charge in [-0.15, -0.1) is 0 Å². The van der Waals surface area contributed by atoms with Crippen LogP contribution >= 0.6 is 11.6 Å². The van der Waals surface area contributed by atoms with Crippen molar-refractivity contribution in [2.24, 2.45) is 0 Å². The van der Waals surface area contributed by atoms with Gasteiger partial charge in [-0.25, -0.2) is 9.97 Å². The van der Waals surface area contributed by atoms with Gasteiger partial charge in [-0.2, -0.15) is 0 Å². The number of aryl methyl sites for hydroxylation is 2. The summed E-state index contributed by atoms with van der Waals surface area (Å²) in [5.74, 6) is -0.304. The van der Waals surface area contributed by atoms with Crippen molar-refractivity contribution in [3.63, 3.8) is 0 Å². The van der Waals surface area contributed by atoms with Gasteiger partial charge in [0.05, 0.1) is 5.39 Å². The first-order valence-electron chi connectivity index (χ1n) is 8.53. The van der Waals surface area contributed by atoms with Gasteiger partial charge in [-0.05, 0) is 61.6 Å². The summed E-state index contributed by atoms with van der Waals surface area (Å²) in [6.07, 6.45) is 5.48. The second kappa shape index (κ2) is 6.88. The van der Waals surface area contributed by atoms with E-state index in [-0.39, 0.29) is 18.0 Å². The molecule has 0 unspecified atom stereocenters. The normalized spacial score (nSPS) is 13.4. The molecule has 26 heavy (non-hydrogen) atoms. The lowest BCUT2D eigenvalue weighted by Crippen LogP contribution is -2.28. The predicted molar refractivity (Wildman–Crippen MR) is 101 cm³/mol. The van der Waals surface area contributed by atoms with Crippen molar-refractivity contribution in [3.8, 4) is 0 Å². The fourth-order valence-electron chi connectivity index (χ4n) is 3.21. The number of halogens is 1. The molecule has 1 aromatic carbocycles. The van der Waals surface area contributed by atoms with E-state index < -0.39 is 0 Å². The Balaban J connectivity index is 1.60. The molecule has 0 saturated carbocycles. The van der Waals surface area contributed by atoms with Crippen molar-refractivity contribution in [2.75, 3.05) is 5.32 Å². The Kier molecular flexibility index (Phi) is 4.42. The SMILES string of the molecule is O=C(Cn1cnc2nc3c(cc2c1=O)CCCC3)Nc1ccc(Cl)cc1. The second-order valence-electron chi connectivity index (χ2n) is 6.41. The zero-order chi connectivity index (χ0) is 18.1. The Labute approximate surface area is 154 Å². The van der Waals surface area contributed by atoms with Crippen LogP contribution in [0.15, 0.2) is 41.5 Å². The number of carbonyl (C=O) groups is 1. The van der Waals surface area contributed by atoms with Crippen LogP contribution in [0.1, 0.15) is 24.1 Å². The highest BCUT2D eigenvalue weighted by Gasteiger charge is 2.15. The largest absolute Gasteiger partial charge is 0.325 e. The van der Waals surface area contributed by atoms with Crippen LogP contribution in [0.2, 0.25) is 5.02 Å². The molecule has 0 saturated heterocycles. The molecule has 1 aliphatic carbocycles. The number of hydrogen-bond acceptors (Lipinski definition) is 4. The fourth-order valence-corrected chi connectivity index (χ4v) is 3.34. The van der Waals surface area contributed by atoms with Gasteiger partial charge in [0, 0.05) is 16.4 Å². The molecule has 0 fully saturated rings. The Hall–Kier alpha value is -2.73. The molecule has 132 valence electrons. The predicted octanol–water partition coefficient (Wildman–Crippen LogP) is 2.96. The van der Waals surface area contributed by atoms with E-state index in [1.807, 2.05) is 6.07 Å². The lowest BCUT2D eigenvalue weighted by atomic mass is 9.95. The van der Waals surface area contributed by atoms with Gasteiger partial charge in [0.25, 0.3) is 5.56 Å². The Morgan fingerprint density at radius 1 is 1.19 bits per heavy atom. The summed E-state index contributed by atoms with van der Waals surface area (Å²) in [4.78, 5) is 33.8. The van der Waals surface area contributed by atoms with E-state index in [1.54, 1.807) is 24.3 Å². The standard InChI is InChI=1S/C19H17ClN4O2/c20-13-5-7-14(8-6-13)22-17(25)10-24-11-21-18-15(19(24)26)9-12-3-1-2-4-16(12)23-18/h5-9,11H,1-4,10H2,(H,22,25). The molecular formula is C19H17ClN4O2. The molecule has 3 aromatic rings. The maximum absolute atomic E-state index is 12.7. The third-order valence-corrected chi connectivity index (χ3v) is 4.79. The van der Waals surface area contributed by atoms with Crippen LogP contribution in [0.25, 0.3) is 11.0 Å². The van der Waals surface area contributed by atoms with Gasteiger partial charge in [0.15, 0.2) is 5.65 Å². The average molecular weight is 369 g/mol. The highest BCUT2D eigenvalue weighted by molar-refractivity contribution is 6.30. The van der Waals surface area contributed by atoms with E-state index in [0.29, 0.717) is 21.7 Å². The molecule has 0 radical (unpaired) electrons. The van der Waals surface area contributed by atoms with E-state index >= 15 is 0 Å². The molecule has 4 rings (SSSR count). The number of benzene rings is 1. The lowest BCUT2D eigenvalue weighted by Gasteiger charge is -2.15. The number of pyridine rings is 1. The summed E-state index contributed by atoms with van der Waals surface area (Å²) < 4.78 is 1.31. The average Bonchev–Trinajstić information content (AvgIpc) is 2.65. The van der Waals surface area contributed by atoms with Gasteiger partial charge in [-0.1, -0.05) is 11.6 Å². The minimum absolute atomic E-state index is 0.110. The van der Waals surface area contributed by atoms with E-state index in [2.05, 4.69) is 15.3 Å². The van der Waals surface area contributed by atoms with Gasteiger partial charge in [0.1, 0.15) is 12.9 Å². The maximum atomic E-state index is 12.7. The Morgan fingerprint density at radius 2 is 1.96 bits per heavy atom. The monoisotopic (exact) mass is 368 g/mol. The Bertz CT molecular complexity index is 1040. The molecule has 0 atom stereocenters. The third kappa shape index (κ3) is 3.32. The van der Waals surface area contributed by atoms with Crippen molar-refractivity contribution in [1.29, 1.82) is 0 Å². The molecular weight excluding hydrogens is 352 g/mol.